The van der Waals surface area contributed by atoms with Gasteiger partial charge in [0, 0.05) is 12.1 Å². The smallest absolute Gasteiger partial charge is 0.293 e. The fourth-order valence-electron chi connectivity index (χ4n) is 2.86. The lowest BCUT2D eigenvalue weighted by atomic mass is 10.1. The predicted molar refractivity (Wildman–Crippen MR) is 117 cm³/mol. The van der Waals surface area contributed by atoms with E-state index < -0.39 is 16.1 Å². The van der Waals surface area contributed by atoms with Crippen molar-refractivity contribution in [3.63, 3.8) is 0 Å². The van der Waals surface area contributed by atoms with Crippen LogP contribution >= 0.6 is 11.8 Å². The van der Waals surface area contributed by atoms with Gasteiger partial charge in [-0.25, -0.2) is 0 Å². The first-order chi connectivity index (χ1) is 14.9. The Hall–Kier alpha value is -3.77. The van der Waals surface area contributed by atoms with Gasteiger partial charge in [-0.15, -0.1) is 6.42 Å². The Morgan fingerprint density at radius 2 is 2.00 bits per heavy atom. The van der Waals surface area contributed by atoms with Crippen LogP contribution < -0.4 is 9.47 Å². The van der Waals surface area contributed by atoms with E-state index >= 15 is 0 Å². The Labute approximate surface area is 183 Å². The van der Waals surface area contributed by atoms with Crippen molar-refractivity contribution in [3.8, 4) is 23.8 Å². The van der Waals surface area contributed by atoms with Crippen LogP contribution in [0.5, 0.6) is 11.5 Å². The number of benzene rings is 2. The molecule has 0 aromatic heterocycles. The summed E-state index contributed by atoms with van der Waals surface area (Å²) in [5, 5.41) is 10.5. The summed E-state index contributed by atoms with van der Waals surface area (Å²) in [7, 11) is 0. The van der Waals surface area contributed by atoms with E-state index in [2.05, 4.69) is 5.92 Å². The molecule has 0 bridgehead atoms. The maximum absolute atomic E-state index is 12.8. The first kappa shape index (κ1) is 21.9. The summed E-state index contributed by atoms with van der Waals surface area (Å²) < 4.78 is 11.0. The molecule has 158 valence electrons. The summed E-state index contributed by atoms with van der Waals surface area (Å²) in [5.41, 5.74) is 1.04. The van der Waals surface area contributed by atoms with Gasteiger partial charge in [0.25, 0.3) is 16.8 Å². The first-order valence-electron chi connectivity index (χ1n) is 9.24. The van der Waals surface area contributed by atoms with E-state index in [4.69, 9.17) is 15.9 Å². The summed E-state index contributed by atoms with van der Waals surface area (Å²) in [4.78, 5) is 36.9. The van der Waals surface area contributed by atoms with Crippen molar-refractivity contribution >= 4 is 34.7 Å². The number of carbonyl (C=O) groups excluding carboxylic acids is 2. The maximum Gasteiger partial charge on any atom is 0.293 e. The zero-order chi connectivity index (χ0) is 22.4. The molecule has 0 N–H and O–H groups in total. The number of nitro benzene ring substituents is 1. The molecule has 31 heavy (non-hydrogen) atoms. The fraction of sp³-hybridized carbons (Fsp3) is 0.182. The molecule has 1 saturated heterocycles. The van der Waals surface area contributed by atoms with Crippen molar-refractivity contribution in [1.29, 1.82) is 0 Å². The number of amides is 2. The number of thioether (sulfide) groups is 1. The van der Waals surface area contributed by atoms with Crippen LogP contribution in [-0.4, -0.2) is 34.2 Å². The number of imide groups is 1. The van der Waals surface area contributed by atoms with Crippen LogP contribution in [0.3, 0.4) is 0 Å². The molecule has 8 nitrogen and oxygen atoms in total. The van der Waals surface area contributed by atoms with Gasteiger partial charge in [0.2, 0.25) is 0 Å². The lowest BCUT2D eigenvalue weighted by Crippen LogP contribution is -2.27. The number of non-ortho nitro benzene ring substituents is 1. The Morgan fingerprint density at radius 1 is 1.19 bits per heavy atom. The van der Waals surface area contributed by atoms with Crippen molar-refractivity contribution in [2.75, 3.05) is 13.2 Å². The zero-order valence-electron chi connectivity index (χ0n) is 16.6. The van der Waals surface area contributed by atoms with E-state index in [1.807, 2.05) is 6.92 Å². The van der Waals surface area contributed by atoms with E-state index in [0.29, 0.717) is 29.2 Å². The summed E-state index contributed by atoms with van der Waals surface area (Å²) >= 11 is 0.810. The van der Waals surface area contributed by atoms with Crippen molar-refractivity contribution in [2.24, 2.45) is 0 Å². The fourth-order valence-corrected chi connectivity index (χ4v) is 3.70. The zero-order valence-corrected chi connectivity index (χ0v) is 17.4. The number of nitro groups is 1. The Morgan fingerprint density at radius 3 is 2.71 bits per heavy atom. The first-order valence-corrected chi connectivity index (χ1v) is 10.1. The molecule has 1 aliphatic heterocycles. The van der Waals surface area contributed by atoms with Crippen LogP contribution in [0.4, 0.5) is 10.5 Å². The number of ether oxygens (including phenoxy) is 2. The van der Waals surface area contributed by atoms with Gasteiger partial charge >= 0.3 is 0 Å². The molecule has 0 radical (unpaired) electrons. The number of nitrogens with zero attached hydrogens (tertiary/aromatic N) is 2. The van der Waals surface area contributed by atoms with Gasteiger partial charge in [-0.2, -0.15) is 0 Å². The molecule has 2 aromatic rings. The van der Waals surface area contributed by atoms with E-state index in [-0.39, 0.29) is 23.7 Å². The second kappa shape index (κ2) is 9.82. The summed E-state index contributed by atoms with van der Waals surface area (Å²) in [6.07, 6.45) is 6.81. The minimum absolute atomic E-state index is 0.0489. The molecule has 0 aliphatic carbocycles. The van der Waals surface area contributed by atoms with Gasteiger partial charge in [0.1, 0.15) is 6.61 Å². The van der Waals surface area contributed by atoms with Crippen LogP contribution in [-0.2, 0) is 11.3 Å². The Kier molecular flexibility index (Phi) is 6.95. The molecule has 3 rings (SSSR count). The van der Waals surface area contributed by atoms with Crippen molar-refractivity contribution in [1.82, 2.24) is 4.90 Å². The van der Waals surface area contributed by atoms with Gasteiger partial charge in [-0.3, -0.25) is 24.6 Å². The second-order valence-corrected chi connectivity index (χ2v) is 7.32. The normalized spacial score (nSPS) is 14.6. The van der Waals surface area contributed by atoms with E-state index in [9.17, 15) is 19.7 Å². The molecule has 2 amide bonds. The van der Waals surface area contributed by atoms with Crippen molar-refractivity contribution in [3.05, 3.63) is 68.6 Å². The van der Waals surface area contributed by atoms with Crippen LogP contribution in [0.25, 0.3) is 6.08 Å². The Balaban J connectivity index is 1.81. The maximum atomic E-state index is 12.8. The van der Waals surface area contributed by atoms with Gasteiger partial charge < -0.3 is 9.47 Å². The SMILES string of the molecule is C#CCOc1ccc(/C=C2\SC(=O)N(Cc3cccc([N+](=O)[O-])c3)C2=O)cc1OCC. The molecule has 1 aliphatic rings. The summed E-state index contributed by atoms with van der Waals surface area (Å²) in [6, 6.07) is 10.9. The number of hydrogen-bond acceptors (Lipinski definition) is 7. The minimum Gasteiger partial charge on any atom is -0.490 e. The van der Waals surface area contributed by atoms with Crippen LogP contribution in [0.1, 0.15) is 18.1 Å². The predicted octanol–water partition coefficient (Wildman–Crippen LogP) is 4.24. The van der Waals surface area contributed by atoms with Gasteiger partial charge in [-0.1, -0.05) is 24.1 Å². The number of hydrogen-bond donors (Lipinski definition) is 0. The average Bonchev–Trinajstić information content (AvgIpc) is 3.01. The molecule has 9 heteroatoms. The lowest BCUT2D eigenvalue weighted by Gasteiger charge is -2.12. The molecule has 1 heterocycles. The van der Waals surface area contributed by atoms with Gasteiger partial charge in [-0.05, 0) is 48.0 Å². The highest BCUT2D eigenvalue weighted by Gasteiger charge is 2.35. The Bertz CT molecular complexity index is 1110. The highest BCUT2D eigenvalue weighted by Crippen LogP contribution is 2.35. The topological polar surface area (TPSA) is 99.0 Å². The molecule has 0 unspecified atom stereocenters. The summed E-state index contributed by atoms with van der Waals surface area (Å²) in [6.45, 7) is 2.29. The standard InChI is InChI=1S/C22H18N2O6S/c1-3-10-30-18-9-8-15(12-19(18)29-4-2)13-20-21(25)23(22(26)31-20)14-16-6-5-7-17(11-16)24(27)28/h1,5-9,11-13H,4,10,14H2,2H3/b20-13-. The minimum atomic E-state index is -0.524. The summed E-state index contributed by atoms with van der Waals surface area (Å²) in [5.74, 6) is 2.88. The van der Waals surface area contributed by atoms with Crippen LogP contribution in [0.2, 0.25) is 0 Å². The van der Waals surface area contributed by atoms with Crippen molar-refractivity contribution in [2.45, 2.75) is 13.5 Å². The monoisotopic (exact) mass is 438 g/mol. The number of terminal acetylenes is 1. The van der Waals surface area contributed by atoms with Crippen LogP contribution in [0, 0.1) is 22.5 Å². The van der Waals surface area contributed by atoms with Gasteiger partial charge in [0.15, 0.2) is 11.5 Å². The molecular weight excluding hydrogens is 420 g/mol. The molecule has 0 atom stereocenters. The molecule has 0 saturated carbocycles. The third kappa shape index (κ3) is 5.24. The second-order valence-electron chi connectivity index (χ2n) is 6.33. The highest BCUT2D eigenvalue weighted by atomic mass is 32.2. The van der Waals surface area contributed by atoms with E-state index in [1.165, 1.54) is 18.2 Å². The van der Waals surface area contributed by atoms with E-state index in [0.717, 1.165) is 16.7 Å². The molecular formula is C22H18N2O6S. The lowest BCUT2D eigenvalue weighted by molar-refractivity contribution is -0.384. The largest absolute Gasteiger partial charge is 0.490 e. The average molecular weight is 438 g/mol. The van der Waals surface area contributed by atoms with E-state index in [1.54, 1.807) is 30.3 Å². The number of carbonyl (C=O) groups is 2. The third-order valence-electron chi connectivity index (χ3n) is 4.21. The third-order valence-corrected chi connectivity index (χ3v) is 5.12. The van der Waals surface area contributed by atoms with Crippen LogP contribution in [0.15, 0.2) is 47.4 Å². The molecule has 0 spiro atoms. The molecule has 2 aromatic carbocycles. The molecule has 1 fully saturated rings. The quantitative estimate of drug-likeness (QED) is 0.263. The van der Waals surface area contributed by atoms with Gasteiger partial charge in [0.05, 0.1) is 23.0 Å². The highest BCUT2D eigenvalue weighted by molar-refractivity contribution is 8.18. The van der Waals surface area contributed by atoms with Crippen molar-refractivity contribution < 1.29 is 24.0 Å². The number of rotatable bonds is 8.